The summed E-state index contributed by atoms with van der Waals surface area (Å²) in [6.07, 6.45) is 1.69. The number of hydrogen-bond donors (Lipinski definition) is 1. The summed E-state index contributed by atoms with van der Waals surface area (Å²) in [5.74, 6) is 0.453. The second-order valence-electron chi connectivity index (χ2n) is 4.51. The van der Waals surface area contributed by atoms with E-state index in [2.05, 4.69) is 4.98 Å². The van der Waals surface area contributed by atoms with Crippen molar-refractivity contribution in [1.82, 2.24) is 9.29 Å². The molecule has 2 rings (SSSR count). The van der Waals surface area contributed by atoms with Crippen LogP contribution in [-0.2, 0) is 16.6 Å². The molecule has 1 heterocycles. The summed E-state index contributed by atoms with van der Waals surface area (Å²) in [6.45, 7) is 2.16. The minimum absolute atomic E-state index is 0.143. The van der Waals surface area contributed by atoms with Gasteiger partial charge >= 0.3 is 0 Å². The van der Waals surface area contributed by atoms with Crippen LogP contribution in [0.5, 0.6) is 5.75 Å². The Labute approximate surface area is 128 Å². The molecular formula is C13H17N3O3S2. The minimum atomic E-state index is -3.60. The third kappa shape index (κ3) is 3.34. The molecule has 0 spiro atoms. The van der Waals surface area contributed by atoms with Gasteiger partial charge in [0, 0.05) is 24.7 Å². The van der Waals surface area contributed by atoms with Gasteiger partial charge in [-0.15, -0.1) is 11.3 Å². The SMILES string of the molecule is COc1ccc(S(=O)(=O)N(C)Cc2cnc(C)s2)cc1N. The molecule has 1 aromatic carbocycles. The lowest BCUT2D eigenvalue weighted by molar-refractivity contribution is 0.416. The molecule has 114 valence electrons. The highest BCUT2D eigenvalue weighted by atomic mass is 32.2. The molecule has 0 fully saturated rings. The van der Waals surface area contributed by atoms with Gasteiger partial charge in [0.05, 0.1) is 22.7 Å². The van der Waals surface area contributed by atoms with E-state index < -0.39 is 10.0 Å². The van der Waals surface area contributed by atoms with Crippen LogP contribution in [0.25, 0.3) is 0 Å². The summed E-state index contributed by atoms with van der Waals surface area (Å²) in [5, 5.41) is 0.907. The van der Waals surface area contributed by atoms with Crippen molar-refractivity contribution < 1.29 is 13.2 Å². The predicted octanol–water partition coefficient (Wildman–Crippen LogP) is 1.86. The number of benzene rings is 1. The molecule has 21 heavy (non-hydrogen) atoms. The number of nitrogen functional groups attached to an aromatic ring is 1. The Bertz CT molecular complexity index is 741. The molecule has 2 aromatic rings. The van der Waals surface area contributed by atoms with Crippen molar-refractivity contribution in [2.24, 2.45) is 0 Å². The lowest BCUT2D eigenvalue weighted by Crippen LogP contribution is -2.26. The summed E-state index contributed by atoms with van der Waals surface area (Å²) in [5.41, 5.74) is 6.06. The van der Waals surface area contributed by atoms with Crippen LogP contribution in [0, 0.1) is 6.92 Å². The first-order valence-electron chi connectivity index (χ1n) is 6.15. The maximum Gasteiger partial charge on any atom is 0.243 e. The van der Waals surface area contributed by atoms with Gasteiger partial charge < -0.3 is 10.5 Å². The predicted molar refractivity (Wildman–Crippen MR) is 82.9 cm³/mol. The lowest BCUT2D eigenvalue weighted by atomic mass is 10.3. The normalized spacial score (nSPS) is 11.8. The first-order chi connectivity index (χ1) is 9.84. The van der Waals surface area contributed by atoms with Crippen molar-refractivity contribution in [2.75, 3.05) is 19.9 Å². The van der Waals surface area contributed by atoms with Gasteiger partial charge in [-0.05, 0) is 25.1 Å². The fourth-order valence-corrected chi connectivity index (χ4v) is 3.95. The standard InChI is InChI=1S/C13H17N3O3S2/c1-9-15-7-10(20-9)8-16(2)21(17,18)11-4-5-13(19-3)12(14)6-11/h4-7H,8,14H2,1-3H3. The molecular weight excluding hydrogens is 310 g/mol. The fraction of sp³-hybridized carbons (Fsp3) is 0.308. The van der Waals surface area contributed by atoms with Crippen molar-refractivity contribution in [3.8, 4) is 5.75 Å². The highest BCUT2D eigenvalue weighted by Gasteiger charge is 2.22. The van der Waals surface area contributed by atoms with Gasteiger partial charge in [0.15, 0.2) is 0 Å². The van der Waals surface area contributed by atoms with E-state index in [1.807, 2.05) is 6.92 Å². The van der Waals surface area contributed by atoms with Gasteiger partial charge in [0.25, 0.3) is 0 Å². The number of aryl methyl sites for hydroxylation is 1. The summed E-state index contributed by atoms with van der Waals surface area (Å²) in [6, 6.07) is 4.44. The number of rotatable bonds is 5. The second-order valence-corrected chi connectivity index (χ2v) is 7.87. The average Bonchev–Trinajstić information content (AvgIpc) is 2.83. The molecule has 0 atom stereocenters. The van der Waals surface area contributed by atoms with E-state index in [1.54, 1.807) is 12.3 Å². The summed E-state index contributed by atoms with van der Waals surface area (Å²) >= 11 is 1.47. The Morgan fingerprint density at radius 2 is 2.14 bits per heavy atom. The maximum absolute atomic E-state index is 12.5. The van der Waals surface area contributed by atoms with E-state index in [0.717, 1.165) is 9.88 Å². The van der Waals surface area contributed by atoms with Crippen LogP contribution in [0.2, 0.25) is 0 Å². The second kappa shape index (κ2) is 6.00. The number of nitrogens with two attached hydrogens (primary N) is 1. The monoisotopic (exact) mass is 327 g/mol. The molecule has 0 aliphatic rings. The van der Waals surface area contributed by atoms with Gasteiger partial charge in [-0.3, -0.25) is 0 Å². The summed E-state index contributed by atoms with van der Waals surface area (Å²) in [7, 11) is -0.582. The quantitative estimate of drug-likeness (QED) is 0.847. The van der Waals surface area contributed by atoms with E-state index >= 15 is 0 Å². The summed E-state index contributed by atoms with van der Waals surface area (Å²) < 4.78 is 31.3. The van der Waals surface area contributed by atoms with Crippen LogP contribution in [0.3, 0.4) is 0 Å². The Morgan fingerprint density at radius 1 is 1.43 bits per heavy atom. The zero-order chi connectivity index (χ0) is 15.6. The highest BCUT2D eigenvalue weighted by Crippen LogP contribution is 2.26. The van der Waals surface area contributed by atoms with Crippen molar-refractivity contribution in [2.45, 2.75) is 18.4 Å². The Balaban J connectivity index is 2.26. The molecule has 0 aliphatic carbocycles. The number of sulfonamides is 1. The zero-order valence-corrected chi connectivity index (χ0v) is 13.7. The molecule has 0 aliphatic heterocycles. The van der Waals surface area contributed by atoms with Crippen molar-refractivity contribution in [3.05, 3.63) is 34.3 Å². The smallest absolute Gasteiger partial charge is 0.243 e. The molecule has 8 heteroatoms. The molecule has 0 amide bonds. The number of aromatic nitrogens is 1. The van der Waals surface area contributed by atoms with E-state index in [4.69, 9.17) is 10.5 Å². The van der Waals surface area contributed by atoms with Gasteiger partial charge in [-0.1, -0.05) is 0 Å². The van der Waals surface area contributed by atoms with E-state index in [-0.39, 0.29) is 11.4 Å². The largest absolute Gasteiger partial charge is 0.495 e. The van der Waals surface area contributed by atoms with E-state index in [0.29, 0.717) is 11.4 Å². The first-order valence-corrected chi connectivity index (χ1v) is 8.41. The van der Waals surface area contributed by atoms with Crippen LogP contribution in [0.4, 0.5) is 5.69 Å². The topological polar surface area (TPSA) is 85.5 Å². The number of nitrogens with zero attached hydrogens (tertiary/aromatic N) is 2. The van der Waals surface area contributed by atoms with Crippen LogP contribution >= 0.6 is 11.3 Å². The number of methoxy groups -OCH3 is 1. The molecule has 1 aromatic heterocycles. The molecule has 0 saturated carbocycles. The number of hydrogen-bond acceptors (Lipinski definition) is 6. The fourth-order valence-electron chi connectivity index (χ4n) is 1.84. The number of ether oxygens (including phenoxy) is 1. The zero-order valence-electron chi connectivity index (χ0n) is 12.0. The van der Waals surface area contributed by atoms with Gasteiger partial charge in [0.1, 0.15) is 5.75 Å². The number of thiazole rings is 1. The third-order valence-electron chi connectivity index (χ3n) is 2.96. The first kappa shape index (κ1) is 15.7. The Hall–Kier alpha value is -1.64. The number of anilines is 1. The van der Waals surface area contributed by atoms with Gasteiger partial charge in [-0.2, -0.15) is 4.31 Å². The van der Waals surface area contributed by atoms with E-state index in [9.17, 15) is 8.42 Å². The van der Waals surface area contributed by atoms with Gasteiger partial charge in [-0.25, -0.2) is 13.4 Å². The summed E-state index contributed by atoms with van der Waals surface area (Å²) in [4.78, 5) is 5.15. The molecule has 0 unspecified atom stereocenters. The molecule has 0 bridgehead atoms. The van der Waals surface area contributed by atoms with Crippen molar-refractivity contribution >= 4 is 27.0 Å². The minimum Gasteiger partial charge on any atom is -0.495 e. The maximum atomic E-state index is 12.5. The molecule has 6 nitrogen and oxygen atoms in total. The molecule has 2 N–H and O–H groups in total. The lowest BCUT2D eigenvalue weighted by Gasteiger charge is -2.17. The van der Waals surface area contributed by atoms with Crippen molar-refractivity contribution in [3.63, 3.8) is 0 Å². The Morgan fingerprint density at radius 3 is 2.67 bits per heavy atom. The average molecular weight is 327 g/mol. The van der Waals surface area contributed by atoms with Crippen LogP contribution < -0.4 is 10.5 Å². The Kier molecular flexibility index (Phi) is 4.50. The molecule has 0 saturated heterocycles. The van der Waals surface area contributed by atoms with Crippen LogP contribution in [0.1, 0.15) is 9.88 Å². The van der Waals surface area contributed by atoms with Crippen LogP contribution in [-0.4, -0.2) is 31.9 Å². The van der Waals surface area contributed by atoms with Gasteiger partial charge in [0.2, 0.25) is 10.0 Å². The molecule has 0 radical (unpaired) electrons. The van der Waals surface area contributed by atoms with E-state index in [1.165, 1.54) is 41.9 Å². The third-order valence-corrected chi connectivity index (χ3v) is 5.65. The van der Waals surface area contributed by atoms with Crippen molar-refractivity contribution in [1.29, 1.82) is 0 Å². The van der Waals surface area contributed by atoms with Crippen LogP contribution in [0.15, 0.2) is 29.3 Å². The highest BCUT2D eigenvalue weighted by molar-refractivity contribution is 7.89.